The topological polar surface area (TPSA) is 39.1 Å². The zero-order chi connectivity index (χ0) is 13.5. The summed E-state index contributed by atoms with van der Waals surface area (Å²) < 4.78 is 7.74. The van der Waals surface area contributed by atoms with Crippen molar-refractivity contribution in [3.8, 4) is 5.69 Å². The summed E-state index contributed by atoms with van der Waals surface area (Å²) in [5.41, 5.74) is 3.29. The van der Waals surface area contributed by atoms with Gasteiger partial charge in [0.1, 0.15) is 11.9 Å². The summed E-state index contributed by atoms with van der Waals surface area (Å²) in [6.45, 7) is 1.79. The predicted molar refractivity (Wildman–Crippen MR) is 78.7 cm³/mol. The van der Waals surface area contributed by atoms with Crippen molar-refractivity contribution in [1.82, 2.24) is 9.78 Å². The van der Waals surface area contributed by atoms with E-state index in [9.17, 15) is 0 Å². The second-order valence-corrected chi connectivity index (χ2v) is 5.66. The van der Waals surface area contributed by atoms with Crippen molar-refractivity contribution in [1.29, 1.82) is 0 Å². The number of anilines is 1. The molecule has 20 heavy (non-hydrogen) atoms. The van der Waals surface area contributed by atoms with Crippen LogP contribution in [0.2, 0.25) is 5.02 Å². The van der Waals surface area contributed by atoms with Crippen LogP contribution < -0.4 is 5.32 Å². The number of hydrogen-bond acceptors (Lipinski definition) is 3. The predicted octanol–water partition coefficient (Wildman–Crippen LogP) is 3.35. The number of rotatable bonds is 2. The minimum Gasteiger partial charge on any atom is -0.372 e. The fourth-order valence-corrected chi connectivity index (χ4v) is 3.27. The first-order chi connectivity index (χ1) is 9.84. The van der Waals surface area contributed by atoms with E-state index < -0.39 is 0 Å². The van der Waals surface area contributed by atoms with Crippen LogP contribution >= 0.6 is 11.6 Å². The van der Waals surface area contributed by atoms with E-state index >= 15 is 0 Å². The number of para-hydroxylation sites is 1. The first-order valence-electron chi connectivity index (χ1n) is 7.07. The van der Waals surface area contributed by atoms with Gasteiger partial charge in [0.15, 0.2) is 0 Å². The highest BCUT2D eigenvalue weighted by molar-refractivity contribution is 6.32. The molecule has 0 radical (unpaired) electrons. The van der Waals surface area contributed by atoms with Crippen molar-refractivity contribution in [2.24, 2.45) is 0 Å². The Hall–Kier alpha value is -1.52. The van der Waals surface area contributed by atoms with Crippen LogP contribution in [-0.2, 0) is 11.2 Å². The summed E-state index contributed by atoms with van der Waals surface area (Å²) in [6.07, 6.45) is 3.33. The molecule has 0 spiro atoms. The zero-order valence-corrected chi connectivity index (χ0v) is 11.9. The third-order valence-corrected chi connectivity index (χ3v) is 4.32. The number of benzene rings is 1. The van der Waals surface area contributed by atoms with Crippen LogP contribution in [0.3, 0.4) is 0 Å². The lowest BCUT2D eigenvalue weighted by Gasteiger charge is -2.09. The molecule has 1 aromatic heterocycles. The van der Waals surface area contributed by atoms with Crippen molar-refractivity contribution in [3.05, 3.63) is 40.5 Å². The van der Waals surface area contributed by atoms with Gasteiger partial charge in [-0.1, -0.05) is 23.7 Å². The molecule has 1 aromatic carbocycles. The van der Waals surface area contributed by atoms with Gasteiger partial charge in [-0.15, -0.1) is 0 Å². The van der Waals surface area contributed by atoms with Crippen molar-refractivity contribution < 1.29 is 4.74 Å². The SMILES string of the molecule is Clc1ccccc1-n1nc(C2CCCO2)c2c1NCC2. The summed E-state index contributed by atoms with van der Waals surface area (Å²) in [5, 5.41) is 8.93. The Labute approximate surface area is 122 Å². The lowest BCUT2D eigenvalue weighted by Crippen LogP contribution is -2.07. The molecule has 1 N–H and O–H groups in total. The summed E-state index contributed by atoms with van der Waals surface area (Å²) in [6, 6.07) is 7.81. The molecule has 1 fully saturated rings. The molecule has 1 saturated heterocycles. The summed E-state index contributed by atoms with van der Waals surface area (Å²) in [7, 11) is 0. The molecule has 5 heteroatoms. The normalized spacial score (nSPS) is 20.9. The van der Waals surface area contributed by atoms with E-state index in [2.05, 4.69) is 5.32 Å². The first kappa shape index (κ1) is 12.2. The number of hydrogen-bond donors (Lipinski definition) is 1. The molecule has 104 valence electrons. The molecule has 4 nitrogen and oxygen atoms in total. The lowest BCUT2D eigenvalue weighted by atomic mass is 10.1. The average Bonchev–Trinajstić information content (AvgIpc) is 3.16. The molecule has 2 aliphatic rings. The Kier molecular flexibility index (Phi) is 2.93. The number of fused-ring (bicyclic) bond motifs is 1. The molecule has 1 atom stereocenters. The second kappa shape index (κ2) is 4.79. The minimum atomic E-state index is 0.146. The van der Waals surface area contributed by atoms with Crippen molar-refractivity contribution in [2.45, 2.75) is 25.4 Å². The van der Waals surface area contributed by atoms with Gasteiger partial charge in [0, 0.05) is 18.7 Å². The van der Waals surface area contributed by atoms with Crippen LogP contribution in [0.25, 0.3) is 5.69 Å². The van der Waals surface area contributed by atoms with Gasteiger partial charge < -0.3 is 10.1 Å². The average molecular weight is 290 g/mol. The Morgan fingerprint density at radius 3 is 3.05 bits per heavy atom. The fraction of sp³-hybridized carbons (Fsp3) is 0.400. The van der Waals surface area contributed by atoms with E-state index in [4.69, 9.17) is 21.4 Å². The number of ether oxygens (including phenoxy) is 1. The minimum absolute atomic E-state index is 0.146. The molecule has 4 rings (SSSR count). The number of aromatic nitrogens is 2. The van der Waals surface area contributed by atoms with Crippen LogP contribution in [0, 0.1) is 0 Å². The lowest BCUT2D eigenvalue weighted by molar-refractivity contribution is 0.107. The Bertz CT molecular complexity index is 647. The van der Waals surface area contributed by atoms with E-state index in [0.717, 1.165) is 49.6 Å². The van der Waals surface area contributed by atoms with Gasteiger partial charge in [0.05, 0.1) is 16.4 Å². The molecule has 3 heterocycles. The highest BCUT2D eigenvalue weighted by Gasteiger charge is 2.30. The number of halogens is 1. The first-order valence-corrected chi connectivity index (χ1v) is 7.44. The number of nitrogens with zero attached hydrogens (tertiary/aromatic N) is 2. The van der Waals surface area contributed by atoms with E-state index in [1.807, 2.05) is 28.9 Å². The van der Waals surface area contributed by atoms with Crippen LogP contribution in [0.15, 0.2) is 24.3 Å². The smallest absolute Gasteiger partial charge is 0.133 e. The highest BCUT2D eigenvalue weighted by Crippen LogP contribution is 2.37. The monoisotopic (exact) mass is 289 g/mol. The molecular formula is C15H16ClN3O. The maximum atomic E-state index is 6.31. The van der Waals surface area contributed by atoms with E-state index in [-0.39, 0.29) is 6.10 Å². The van der Waals surface area contributed by atoms with Crippen LogP contribution in [0.4, 0.5) is 5.82 Å². The van der Waals surface area contributed by atoms with Gasteiger partial charge in [0.25, 0.3) is 0 Å². The van der Waals surface area contributed by atoms with Crippen molar-refractivity contribution in [3.63, 3.8) is 0 Å². The summed E-state index contributed by atoms with van der Waals surface area (Å²) in [4.78, 5) is 0. The second-order valence-electron chi connectivity index (χ2n) is 5.25. The van der Waals surface area contributed by atoms with Gasteiger partial charge in [-0.25, -0.2) is 4.68 Å². The van der Waals surface area contributed by atoms with Gasteiger partial charge in [-0.3, -0.25) is 0 Å². The third-order valence-electron chi connectivity index (χ3n) is 4.00. The van der Waals surface area contributed by atoms with E-state index in [0.29, 0.717) is 5.02 Å². The van der Waals surface area contributed by atoms with Crippen molar-refractivity contribution >= 4 is 17.4 Å². The van der Waals surface area contributed by atoms with E-state index in [1.165, 1.54) is 5.56 Å². The third kappa shape index (κ3) is 1.83. The van der Waals surface area contributed by atoms with Crippen molar-refractivity contribution in [2.75, 3.05) is 18.5 Å². The van der Waals surface area contributed by atoms with Gasteiger partial charge in [-0.05, 0) is 31.4 Å². The van der Waals surface area contributed by atoms with Gasteiger partial charge in [-0.2, -0.15) is 5.10 Å². The molecule has 1 unspecified atom stereocenters. The maximum absolute atomic E-state index is 6.31. The molecule has 2 aromatic rings. The quantitative estimate of drug-likeness (QED) is 0.921. The number of nitrogens with one attached hydrogen (secondary N) is 1. The summed E-state index contributed by atoms with van der Waals surface area (Å²) >= 11 is 6.31. The van der Waals surface area contributed by atoms with E-state index in [1.54, 1.807) is 0 Å². The standard InChI is InChI=1S/C15H16ClN3O/c16-11-4-1-2-5-12(11)19-15-10(7-8-17-15)14(18-19)13-6-3-9-20-13/h1-2,4-5,13,17H,3,6-9H2. The Balaban J connectivity index is 1.85. The van der Waals surface area contributed by atoms with Gasteiger partial charge >= 0.3 is 0 Å². The Morgan fingerprint density at radius 1 is 1.35 bits per heavy atom. The van der Waals surface area contributed by atoms with Crippen LogP contribution in [-0.4, -0.2) is 22.9 Å². The molecule has 2 aliphatic heterocycles. The van der Waals surface area contributed by atoms with Crippen LogP contribution in [0.1, 0.15) is 30.2 Å². The maximum Gasteiger partial charge on any atom is 0.133 e. The largest absolute Gasteiger partial charge is 0.372 e. The highest BCUT2D eigenvalue weighted by atomic mass is 35.5. The zero-order valence-electron chi connectivity index (χ0n) is 11.1. The van der Waals surface area contributed by atoms with Crippen LogP contribution in [0.5, 0.6) is 0 Å². The molecule has 0 saturated carbocycles. The molecule has 0 aliphatic carbocycles. The fourth-order valence-electron chi connectivity index (χ4n) is 3.05. The molecular weight excluding hydrogens is 274 g/mol. The van der Waals surface area contributed by atoms with Gasteiger partial charge in [0.2, 0.25) is 0 Å². The summed E-state index contributed by atoms with van der Waals surface area (Å²) in [5.74, 6) is 1.07. The Morgan fingerprint density at radius 2 is 2.25 bits per heavy atom. The molecule has 0 amide bonds. The molecule has 0 bridgehead atoms.